The van der Waals surface area contributed by atoms with Crippen molar-refractivity contribution in [2.75, 3.05) is 11.5 Å². The van der Waals surface area contributed by atoms with E-state index in [1.165, 1.54) is 6.92 Å². The number of aliphatic carboxylic acids is 1. The van der Waals surface area contributed by atoms with Crippen LogP contribution in [0.2, 0.25) is 0 Å². The van der Waals surface area contributed by atoms with Crippen LogP contribution in [-0.2, 0) is 9.59 Å². The molecule has 0 unspecified atom stereocenters. The molecule has 1 rings (SSSR count). The number of rotatable bonds is 2. The number of amides is 1. The van der Waals surface area contributed by atoms with Gasteiger partial charge in [0.05, 0.1) is 0 Å². The van der Waals surface area contributed by atoms with Crippen molar-refractivity contribution in [3.63, 3.8) is 0 Å². The van der Waals surface area contributed by atoms with Crippen LogP contribution in [0.3, 0.4) is 0 Å². The molecule has 4 nitrogen and oxygen atoms in total. The number of carboxylic acids is 1. The average molecular weight is 203 g/mol. The van der Waals surface area contributed by atoms with Crippen LogP contribution < -0.4 is 5.32 Å². The van der Waals surface area contributed by atoms with Crippen molar-refractivity contribution in [3.05, 3.63) is 0 Å². The standard InChI is InChI=1S/C8H13NO3S/c1-6(10)9-8(7(11)12)2-4-13-5-3-8/h2-5H2,1H3,(H,9,10)(H,11,12). The first-order chi connectivity index (χ1) is 6.07. The highest BCUT2D eigenvalue weighted by Gasteiger charge is 2.40. The zero-order chi connectivity index (χ0) is 9.90. The summed E-state index contributed by atoms with van der Waals surface area (Å²) in [5, 5.41) is 11.6. The Morgan fingerprint density at radius 3 is 2.31 bits per heavy atom. The second kappa shape index (κ2) is 4.00. The molecule has 2 N–H and O–H groups in total. The van der Waals surface area contributed by atoms with Gasteiger partial charge in [-0.2, -0.15) is 11.8 Å². The van der Waals surface area contributed by atoms with E-state index in [0.29, 0.717) is 12.8 Å². The predicted octanol–water partition coefficient (Wildman–Crippen LogP) is 0.473. The third-order valence-electron chi connectivity index (χ3n) is 2.17. The minimum absolute atomic E-state index is 0.269. The molecule has 0 bridgehead atoms. The van der Waals surface area contributed by atoms with Gasteiger partial charge in [-0.15, -0.1) is 0 Å². The fourth-order valence-corrected chi connectivity index (χ4v) is 2.64. The Morgan fingerprint density at radius 1 is 1.38 bits per heavy atom. The van der Waals surface area contributed by atoms with Crippen LogP contribution in [0.25, 0.3) is 0 Å². The lowest BCUT2D eigenvalue weighted by atomic mass is 9.92. The van der Waals surface area contributed by atoms with Gasteiger partial charge in [0.2, 0.25) is 5.91 Å². The van der Waals surface area contributed by atoms with Crippen LogP contribution in [0.1, 0.15) is 19.8 Å². The SMILES string of the molecule is CC(=O)NC1(C(=O)O)CCSCC1. The molecule has 0 spiro atoms. The van der Waals surface area contributed by atoms with Crippen molar-refractivity contribution >= 4 is 23.6 Å². The third-order valence-corrected chi connectivity index (χ3v) is 3.16. The van der Waals surface area contributed by atoms with Crippen LogP contribution in [-0.4, -0.2) is 34.0 Å². The summed E-state index contributed by atoms with van der Waals surface area (Å²) in [5.41, 5.74) is -1.00. The number of thioether (sulfide) groups is 1. The fourth-order valence-electron chi connectivity index (χ4n) is 1.45. The van der Waals surface area contributed by atoms with Gasteiger partial charge in [0, 0.05) is 6.92 Å². The maximum absolute atomic E-state index is 11.0. The highest BCUT2D eigenvalue weighted by Crippen LogP contribution is 2.27. The topological polar surface area (TPSA) is 66.4 Å². The molecule has 0 aliphatic carbocycles. The predicted molar refractivity (Wildman–Crippen MR) is 50.7 cm³/mol. The minimum atomic E-state index is -1.00. The summed E-state index contributed by atoms with van der Waals surface area (Å²) in [5.74, 6) is 0.413. The lowest BCUT2D eigenvalue weighted by molar-refractivity contribution is -0.147. The van der Waals surface area contributed by atoms with Crippen molar-refractivity contribution in [1.29, 1.82) is 0 Å². The van der Waals surface area contributed by atoms with E-state index in [0.717, 1.165) is 11.5 Å². The molecule has 1 aliphatic rings. The Bertz CT molecular complexity index is 223. The second-order valence-corrected chi connectivity index (χ2v) is 4.41. The Labute approximate surface area is 81.1 Å². The first-order valence-electron chi connectivity index (χ1n) is 4.17. The zero-order valence-electron chi connectivity index (χ0n) is 7.50. The molecule has 1 amide bonds. The number of carbonyl (C=O) groups excluding carboxylic acids is 1. The molecule has 1 heterocycles. The Kier molecular flexibility index (Phi) is 3.19. The summed E-state index contributed by atoms with van der Waals surface area (Å²) >= 11 is 1.73. The first kappa shape index (κ1) is 10.4. The number of carboxylic acid groups (broad SMARTS) is 1. The molecule has 0 aromatic carbocycles. The average Bonchev–Trinajstić information content (AvgIpc) is 2.04. The summed E-state index contributed by atoms with van der Waals surface area (Å²) in [7, 11) is 0. The van der Waals surface area contributed by atoms with Crippen molar-refractivity contribution < 1.29 is 14.7 Å². The summed E-state index contributed by atoms with van der Waals surface area (Å²) < 4.78 is 0. The monoisotopic (exact) mass is 203 g/mol. The van der Waals surface area contributed by atoms with Crippen molar-refractivity contribution in [2.45, 2.75) is 25.3 Å². The maximum Gasteiger partial charge on any atom is 0.329 e. The molecule has 5 heteroatoms. The smallest absolute Gasteiger partial charge is 0.329 e. The van der Waals surface area contributed by atoms with Crippen molar-refractivity contribution in [2.24, 2.45) is 0 Å². The van der Waals surface area contributed by atoms with E-state index >= 15 is 0 Å². The van der Waals surface area contributed by atoms with E-state index in [1.807, 2.05) is 0 Å². The molecule has 13 heavy (non-hydrogen) atoms. The zero-order valence-corrected chi connectivity index (χ0v) is 8.32. The van der Waals surface area contributed by atoms with Crippen molar-refractivity contribution in [1.82, 2.24) is 5.32 Å². The molecular formula is C8H13NO3S. The number of nitrogens with one attached hydrogen (secondary N) is 1. The van der Waals surface area contributed by atoms with E-state index < -0.39 is 11.5 Å². The van der Waals surface area contributed by atoms with Crippen LogP contribution >= 0.6 is 11.8 Å². The van der Waals surface area contributed by atoms with E-state index in [2.05, 4.69) is 5.32 Å². The molecule has 0 aromatic rings. The highest BCUT2D eigenvalue weighted by atomic mass is 32.2. The van der Waals surface area contributed by atoms with Gasteiger partial charge in [-0.25, -0.2) is 4.79 Å². The Balaban J connectivity index is 2.73. The van der Waals surface area contributed by atoms with Crippen molar-refractivity contribution in [3.8, 4) is 0 Å². The van der Waals surface area contributed by atoms with Gasteiger partial charge in [-0.05, 0) is 24.3 Å². The maximum atomic E-state index is 11.0. The van der Waals surface area contributed by atoms with Crippen LogP contribution in [0.5, 0.6) is 0 Å². The quantitative estimate of drug-likeness (QED) is 0.684. The minimum Gasteiger partial charge on any atom is -0.480 e. The summed E-state index contributed by atoms with van der Waals surface area (Å²) in [6.45, 7) is 1.35. The first-order valence-corrected chi connectivity index (χ1v) is 5.32. The molecule has 74 valence electrons. The molecule has 0 saturated carbocycles. The van der Waals surface area contributed by atoms with Gasteiger partial charge in [0.25, 0.3) is 0 Å². The second-order valence-electron chi connectivity index (χ2n) is 3.18. The molecule has 1 saturated heterocycles. The highest BCUT2D eigenvalue weighted by molar-refractivity contribution is 7.99. The summed E-state index contributed by atoms with van der Waals surface area (Å²) in [6, 6.07) is 0. The third kappa shape index (κ3) is 2.37. The molecule has 1 aliphatic heterocycles. The fraction of sp³-hybridized carbons (Fsp3) is 0.750. The Morgan fingerprint density at radius 2 is 1.92 bits per heavy atom. The van der Waals surface area contributed by atoms with Crippen LogP contribution in [0.15, 0.2) is 0 Å². The van der Waals surface area contributed by atoms with Gasteiger partial charge >= 0.3 is 5.97 Å². The van der Waals surface area contributed by atoms with Gasteiger partial charge in [0.1, 0.15) is 5.54 Å². The van der Waals surface area contributed by atoms with E-state index in [9.17, 15) is 9.59 Å². The van der Waals surface area contributed by atoms with E-state index in [4.69, 9.17) is 5.11 Å². The van der Waals surface area contributed by atoms with Gasteiger partial charge in [-0.3, -0.25) is 4.79 Å². The van der Waals surface area contributed by atoms with Gasteiger partial charge in [0.15, 0.2) is 0 Å². The molecule has 0 aromatic heterocycles. The lowest BCUT2D eigenvalue weighted by Gasteiger charge is -2.33. The molecule has 0 radical (unpaired) electrons. The van der Waals surface area contributed by atoms with Crippen LogP contribution in [0, 0.1) is 0 Å². The number of hydrogen-bond acceptors (Lipinski definition) is 3. The summed E-state index contributed by atoms with van der Waals surface area (Å²) in [4.78, 5) is 21.8. The molecular weight excluding hydrogens is 190 g/mol. The van der Waals surface area contributed by atoms with Crippen LogP contribution in [0.4, 0.5) is 0 Å². The normalized spacial score (nSPS) is 20.7. The molecule has 1 fully saturated rings. The van der Waals surface area contributed by atoms with E-state index in [-0.39, 0.29) is 5.91 Å². The van der Waals surface area contributed by atoms with Gasteiger partial charge < -0.3 is 10.4 Å². The summed E-state index contributed by atoms with van der Waals surface area (Å²) in [6.07, 6.45) is 1.04. The van der Waals surface area contributed by atoms with E-state index in [1.54, 1.807) is 11.8 Å². The number of carbonyl (C=O) groups is 2. The lowest BCUT2D eigenvalue weighted by Crippen LogP contribution is -2.55. The van der Waals surface area contributed by atoms with Gasteiger partial charge in [-0.1, -0.05) is 0 Å². The Hall–Kier alpha value is -0.710. The molecule has 0 atom stereocenters. The largest absolute Gasteiger partial charge is 0.480 e. The number of hydrogen-bond donors (Lipinski definition) is 2.